The van der Waals surface area contributed by atoms with E-state index in [-0.39, 0.29) is 21.7 Å². The molecule has 168 valence electrons. The first-order chi connectivity index (χ1) is 13.2. The van der Waals surface area contributed by atoms with Crippen LogP contribution in [0.3, 0.4) is 0 Å². The van der Waals surface area contributed by atoms with Gasteiger partial charge in [0.1, 0.15) is 37.3 Å². The van der Waals surface area contributed by atoms with Gasteiger partial charge in [0.15, 0.2) is 0 Å². The van der Waals surface area contributed by atoms with E-state index in [1.165, 1.54) is 0 Å². The Morgan fingerprint density at radius 3 is 0.966 bits per heavy atom. The van der Waals surface area contributed by atoms with Gasteiger partial charge in [-0.05, 0) is 39.2 Å². The number of rotatable bonds is 12. The van der Waals surface area contributed by atoms with E-state index in [9.17, 15) is 10.4 Å². The molecule has 0 heterocycles. The Kier molecular flexibility index (Phi) is 37.8. The van der Waals surface area contributed by atoms with Gasteiger partial charge in [0, 0.05) is 34.9 Å². The first kappa shape index (κ1) is 38.2. The fourth-order valence-corrected chi connectivity index (χ4v) is 0.870. The second-order valence-corrected chi connectivity index (χ2v) is 4.72. The molecule has 0 saturated carbocycles. The summed E-state index contributed by atoms with van der Waals surface area (Å²) in [5, 5.41) is 37.8. The fraction of sp³-hybridized carbons (Fsp3) is 0.400. The number of hydrogen-bond acceptors (Lipinski definition) is 6. The summed E-state index contributed by atoms with van der Waals surface area (Å²) in [5.74, 6) is 0. The van der Waals surface area contributed by atoms with Crippen molar-refractivity contribution < 1.29 is 51.2 Å². The van der Waals surface area contributed by atoms with Crippen LogP contribution in [0.25, 0.3) is 0 Å². The third-order valence-corrected chi connectivity index (χ3v) is 2.52. The molecule has 2 N–H and O–H groups in total. The zero-order valence-electron chi connectivity index (χ0n) is 17.9. The molecule has 0 atom stereocenters. The fourth-order valence-electron chi connectivity index (χ4n) is 0.870. The maximum Gasteiger partial charge on any atom is 0.149 e. The van der Waals surface area contributed by atoms with Crippen molar-refractivity contribution in [3.8, 4) is 0 Å². The molecule has 0 amide bonds. The molecular weight excluding hydrogens is 412 g/mol. The van der Waals surface area contributed by atoms with Crippen molar-refractivity contribution in [3.05, 3.63) is 87.2 Å². The zero-order valence-corrected chi connectivity index (χ0v) is 19.4. The number of hydrogen-bond donors (Lipinski definition) is 2. The van der Waals surface area contributed by atoms with Crippen molar-refractivity contribution in [2.45, 2.75) is 39.5 Å². The zero-order chi connectivity index (χ0) is 22.9. The average Bonchev–Trinajstić information content (AvgIpc) is 2.71. The van der Waals surface area contributed by atoms with Crippen LogP contribution in [-0.4, -0.2) is 33.0 Å². The summed E-state index contributed by atoms with van der Waals surface area (Å²) >= 11 is 0. The maximum atomic E-state index is 10.8. The van der Waals surface area contributed by atoms with Crippen molar-refractivity contribution in [3.63, 3.8) is 0 Å². The molecule has 0 bridgehead atoms. The molecule has 0 aromatic heterocycles. The van der Waals surface area contributed by atoms with E-state index >= 15 is 0 Å². The predicted molar refractivity (Wildman–Crippen MR) is 115 cm³/mol. The van der Waals surface area contributed by atoms with E-state index in [0.717, 1.165) is 63.0 Å². The van der Waals surface area contributed by atoms with E-state index in [1.54, 1.807) is 0 Å². The van der Waals surface area contributed by atoms with E-state index in [0.29, 0.717) is 13.2 Å². The number of aliphatic hydroxyl groups excluding tert-OH is 2. The van der Waals surface area contributed by atoms with Gasteiger partial charge in [0.05, 0.1) is 0 Å². The summed E-state index contributed by atoms with van der Waals surface area (Å²) in [6, 6.07) is 0. The van der Waals surface area contributed by atoms with Crippen LogP contribution in [0.1, 0.15) is 39.5 Å². The first-order valence-corrected chi connectivity index (χ1v) is 8.73. The molecular formula is C20H38N2O6Ti. The van der Waals surface area contributed by atoms with Crippen LogP contribution in [0.2, 0.25) is 0 Å². The Labute approximate surface area is 191 Å². The average molecular weight is 450 g/mol. The van der Waals surface area contributed by atoms with Gasteiger partial charge in [-0.2, -0.15) is 0 Å². The standard InChI is InChI=1S/2C6H9NO2.2C4H10O.Ti/c2*1-4-7(8,5-2)9-6-3;2*1-2-3-4-5;/h2*4-6H,1-3H2;2*5H,2-4H2,1H3;. The van der Waals surface area contributed by atoms with E-state index in [4.69, 9.17) is 10.2 Å². The minimum Gasteiger partial charge on any atom is -0.579 e. The van der Waals surface area contributed by atoms with Gasteiger partial charge in [0.2, 0.25) is 0 Å². The summed E-state index contributed by atoms with van der Waals surface area (Å²) in [4.78, 5) is 6.66. The van der Waals surface area contributed by atoms with Gasteiger partial charge in [-0.15, -0.1) is 9.62 Å². The van der Waals surface area contributed by atoms with Crippen LogP contribution in [0.4, 0.5) is 0 Å². The molecule has 0 rings (SSSR count). The van der Waals surface area contributed by atoms with Gasteiger partial charge in [0.25, 0.3) is 0 Å². The Morgan fingerprint density at radius 2 is 0.931 bits per heavy atom. The van der Waals surface area contributed by atoms with Crippen LogP contribution in [0.15, 0.2) is 76.8 Å². The second kappa shape index (κ2) is 28.7. The van der Waals surface area contributed by atoms with Gasteiger partial charge in [-0.25, -0.2) is 0 Å². The van der Waals surface area contributed by atoms with Gasteiger partial charge in [-0.3, -0.25) is 0 Å². The first-order valence-electron chi connectivity index (χ1n) is 8.73. The summed E-state index contributed by atoms with van der Waals surface area (Å²) in [5.41, 5.74) is 0. The summed E-state index contributed by atoms with van der Waals surface area (Å²) in [7, 11) is 0. The predicted octanol–water partition coefficient (Wildman–Crippen LogP) is 4.88. The van der Waals surface area contributed by atoms with Crippen LogP contribution in [0.5, 0.6) is 0 Å². The number of unbranched alkanes of at least 4 members (excludes halogenated alkanes) is 2. The summed E-state index contributed by atoms with van der Waals surface area (Å²) < 4.78 is 0. The number of quaternary nitrogens is 2. The minimum atomic E-state index is -1.11. The normalized spacial score (nSPS) is 9.03. The van der Waals surface area contributed by atoms with Crippen molar-refractivity contribution in [1.82, 2.24) is 0 Å². The van der Waals surface area contributed by atoms with Gasteiger partial charge < -0.3 is 30.3 Å². The van der Waals surface area contributed by atoms with Crippen molar-refractivity contribution in [2.24, 2.45) is 0 Å². The molecule has 0 aliphatic rings. The van der Waals surface area contributed by atoms with E-state index in [2.05, 4.69) is 63.0 Å². The largest absolute Gasteiger partial charge is 0.579 e. The molecule has 0 aliphatic carbocycles. The summed E-state index contributed by atoms with van der Waals surface area (Å²) in [6.45, 7) is 24.2. The van der Waals surface area contributed by atoms with Crippen molar-refractivity contribution in [2.75, 3.05) is 13.2 Å². The van der Waals surface area contributed by atoms with E-state index in [1.807, 2.05) is 0 Å². The molecule has 0 fully saturated rings. The Morgan fingerprint density at radius 1 is 0.690 bits per heavy atom. The monoisotopic (exact) mass is 450 g/mol. The van der Waals surface area contributed by atoms with Crippen LogP contribution in [-0.2, 0) is 31.4 Å². The third kappa shape index (κ3) is 31.4. The second-order valence-electron chi connectivity index (χ2n) is 4.72. The Hall–Kier alpha value is -1.49. The molecule has 8 nitrogen and oxygen atoms in total. The van der Waals surface area contributed by atoms with Crippen LogP contribution < -0.4 is 0 Å². The number of hydroxylamine groups is 8. The molecule has 0 spiro atoms. The molecule has 0 aromatic rings. The SMILES string of the molecule is C=CO[N+]([O-])(C=C)C=C.C=CO[N+]([O-])(C=C)C=C.CCCCO.CCCCO.[Ti]. The maximum absolute atomic E-state index is 10.8. The Balaban J connectivity index is -0.0000000907. The van der Waals surface area contributed by atoms with Crippen LogP contribution in [0, 0.1) is 10.4 Å². The van der Waals surface area contributed by atoms with E-state index < -0.39 is 9.62 Å². The van der Waals surface area contributed by atoms with Crippen molar-refractivity contribution >= 4 is 0 Å². The van der Waals surface area contributed by atoms with Crippen LogP contribution >= 0.6 is 0 Å². The number of nitrogens with zero attached hydrogens (tertiary/aromatic N) is 2. The Bertz CT molecular complexity index is 362. The molecule has 29 heavy (non-hydrogen) atoms. The third-order valence-electron chi connectivity index (χ3n) is 2.52. The number of aliphatic hydroxyl groups is 2. The molecule has 9 heteroatoms. The van der Waals surface area contributed by atoms with Gasteiger partial charge in [-0.1, -0.05) is 39.8 Å². The quantitative estimate of drug-likeness (QED) is 0.190. The molecule has 0 saturated heterocycles. The molecule has 0 aromatic carbocycles. The van der Waals surface area contributed by atoms with Gasteiger partial charge >= 0.3 is 0 Å². The molecule has 0 aliphatic heterocycles. The topological polar surface area (TPSA) is 105 Å². The minimum absolute atomic E-state index is 0. The van der Waals surface area contributed by atoms with Crippen molar-refractivity contribution in [1.29, 1.82) is 0 Å². The summed E-state index contributed by atoms with van der Waals surface area (Å²) in [6.07, 6.45) is 10.4. The molecule has 0 radical (unpaired) electrons. The smallest absolute Gasteiger partial charge is 0.149 e. The molecule has 0 unspecified atom stereocenters.